The number of anilines is 1. The van der Waals surface area contributed by atoms with E-state index in [-0.39, 0.29) is 29.9 Å². The van der Waals surface area contributed by atoms with E-state index in [4.69, 9.17) is 9.73 Å². The van der Waals surface area contributed by atoms with Crippen LogP contribution in [0, 0.1) is 11.8 Å². The first-order chi connectivity index (χ1) is 26.7. The Kier molecular flexibility index (Phi) is 7.63. The lowest BCUT2D eigenvalue weighted by molar-refractivity contribution is -0.139. The van der Waals surface area contributed by atoms with E-state index in [1.165, 1.54) is 16.2 Å². The number of ether oxygens (including phenoxy) is 1. The van der Waals surface area contributed by atoms with Crippen LogP contribution in [0.5, 0.6) is 0 Å². The van der Waals surface area contributed by atoms with Crippen LogP contribution < -0.4 is 19.8 Å². The highest BCUT2D eigenvalue weighted by molar-refractivity contribution is 9.10. The van der Waals surface area contributed by atoms with Crippen LogP contribution in [0.1, 0.15) is 53.6 Å². The predicted octanol–water partition coefficient (Wildman–Crippen LogP) is 6.92. The van der Waals surface area contributed by atoms with E-state index in [0.717, 1.165) is 43.1 Å². The van der Waals surface area contributed by atoms with Crippen molar-refractivity contribution < 1.29 is 19.1 Å². The average molecular weight is 807 g/mol. The monoisotopic (exact) mass is 805 g/mol. The molecule has 3 heterocycles. The van der Waals surface area contributed by atoms with Crippen molar-refractivity contribution >= 4 is 67.6 Å². The number of carbonyl (C=O) groups excluding carboxylic acids is 3. The van der Waals surface area contributed by atoms with Gasteiger partial charge in [0.2, 0.25) is 11.8 Å². The number of thiazole rings is 1. The number of aromatic nitrogens is 1. The molecule has 8 nitrogen and oxygen atoms in total. The molecule has 1 fully saturated rings. The number of halogens is 1. The molecule has 2 bridgehead atoms. The van der Waals surface area contributed by atoms with Gasteiger partial charge in [0, 0.05) is 10.4 Å². The van der Waals surface area contributed by atoms with E-state index in [0.29, 0.717) is 26.3 Å². The first kappa shape index (κ1) is 33.8. The van der Waals surface area contributed by atoms with Crippen molar-refractivity contribution in [2.75, 3.05) is 11.5 Å². The number of rotatable bonds is 5. The van der Waals surface area contributed by atoms with Crippen LogP contribution in [0.15, 0.2) is 141 Å². The number of esters is 1. The van der Waals surface area contributed by atoms with Gasteiger partial charge < -0.3 is 4.74 Å². The Morgan fingerprint density at radius 2 is 1.47 bits per heavy atom. The molecule has 5 aliphatic rings. The first-order valence-corrected chi connectivity index (χ1v) is 19.9. The Labute approximate surface area is 327 Å². The zero-order chi connectivity index (χ0) is 37.7. The maximum absolute atomic E-state index is 15.2. The zero-order valence-corrected chi connectivity index (χ0v) is 32.1. The van der Waals surface area contributed by atoms with Crippen LogP contribution in [0.25, 0.3) is 16.8 Å². The SMILES string of the molecule is CCOC(=O)C1=C(C)N=c2s/c(=C/C34c5ccccc5C(c5ccccc53)[C@@H]3C(=O)N(c5ccc(Br)cc5)C(=O)[C@H]34)c(=O)n2[C@@H]1c1cccc2ccccc12. The summed E-state index contributed by atoms with van der Waals surface area (Å²) in [5, 5.41) is 1.87. The predicted molar refractivity (Wildman–Crippen MR) is 214 cm³/mol. The summed E-state index contributed by atoms with van der Waals surface area (Å²) in [7, 11) is 0. The van der Waals surface area contributed by atoms with Gasteiger partial charge in [-0.15, -0.1) is 0 Å². The lowest BCUT2D eigenvalue weighted by atomic mass is 9.47. The minimum Gasteiger partial charge on any atom is -0.463 e. The highest BCUT2D eigenvalue weighted by Gasteiger charge is 2.67. The van der Waals surface area contributed by atoms with Crippen molar-refractivity contribution in [1.82, 2.24) is 4.57 Å². The second-order valence-corrected chi connectivity index (χ2v) is 16.3. The quantitative estimate of drug-likeness (QED) is 0.139. The van der Waals surface area contributed by atoms with Gasteiger partial charge in [-0.3, -0.25) is 19.0 Å². The van der Waals surface area contributed by atoms with E-state index in [1.807, 2.05) is 109 Å². The largest absolute Gasteiger partial charge is 0.463 e. The van der Waals surface area contributed by atoms with Crippen LogP contribution in [-0.2, 0) is 24.5 Å². The number of carbonyl (C=O) groups is 3. The fourth-order valence-corrected chi connectivity index (χ4v) is 11.1. The molecule has 6 aromatic rings. The third-order valence-corrected chi connectivity index (χ3v) is 13.3. The molecule has 5 aromatic carbocycles. The van der Waals surface area contributed by atoms with Gasteiger partial charge in [0.15, 0.2) is 4.80 Å². The zero-order valence-electron chi connectivity index (χ0n) is 29.7. The molecule has 10 heteroatoms. The summed E-state index contributed by atoms with van der Waals surface area (Å²) in [5.74, 6) is -2.94. The number of amides is 2. The van der Waals surface area contributed by atoms with E-state index in [9.17, 15) is 9.59 Å². The molecule has 0 spiro atoms. The van der Waals surface area contributed by atoms with Gasteiger partial charge in [0.1, 0.15) is 0 Å². The molecule has 0 saturated carbocycles. The molecule has 3 atom stereocenters. The Hall–Kier alpha value is -5.71. The van der Waals surface area contributed by atoms with Crippen molar-refractivity contribution in [1.29, 1.82) is 0 Å². The van der Waals surface area contributed by atoms with Crippen molar-refractivity contribution in [2.45, 2.75) is 31.2 Å². The van der Waals surface area contributed by atoms with Gasteiger partial charge >= 0.3 is 5.97 Å². The molecular formula is C45H32BrN3O5S. The fourth-order valence-electron chi connectivity index (χ4n) is 9.70. The fraction of sp³-hybridized carbons (Fsp3) is 0.178. The summed E-state index contributed by atoms with van der Waals surface area (Å²) in [4.78, 5) is 65.4. The van der Waals surface area contributed by atoms with Gasteiger partial charge in [-0.05, 0) is 82.8 Å². The van der Waals surface area contributed by atoms with E-state index >= 15 is 9.59 Å². The summed E-state index contributed by atoms with van der Waals surface area (Å²) in [6, 6.07) is 36.2. The van der Waals surface area contributed by atoms with Crippen molar-refractivity contribution in [2.24, 2.45) is 16.8 Å². The summed E-state index contributed by atoms with van der Waals surface area (Å²) < 4.78 is 8.39. The van der Waals surface area contributed by atoms with Crippen molar-refractivity contribution in [3.05, 3.63) is 179 Å². The summed E-state index contributed by atoms with van der Waals surface area (Å²) in [5.41, 5.74) is 4.28. The minimum atomic E-state index is -1.17. The van der Waals surface area contributed by atoms with E-state index < -0.39 is 29.3 Å². The average Bonchev–Trinajstić information content (AvgIpc) is 3.65. The van der Waals surface area contributed by atoms with Crippen LogP contribution in [-0.4, -0.2) is 29.0 Å². The van der Waals surface area contributed by atoms with Gasteiger partial charge in [-0.1, -0.05) is 118 Å². The Balaban J connectivity index is 1.26. The minimum absolute atomic E-state index is 0.164. The molecule has 11 rings (SSSR count). The van der Waals surface area contributed by atoms with Crippen LogP contribution in [0.4, 0.5) is 5.69 Å². The Morgan fingerprint density at radius 1 is 0.836 bits per heavy atom. The van der Waals surface area contributed by atoms with Crippen molar-refractivity contribution in [3.63, 3.8) is 0 Å². The molecule has 1 aromatic heterocycles. The number of imide groups is 1. The number of nitrogens with zero attached hydrogens (tertiary/aromatic N) is 3. The lowest BCUT2D eigenvalue weighted by Crippen LogP contribution is -2.53. The topological polar surface area (TPSA) is 98.0 Å². The molecular weight excluding hydrogens is 774 g/mol. The highest BCUT2D eigenvalue weighted by Crippen LogP contribution is 2.65. The summed E-state index contributed by atoms with van der Waals surface area (Å²) >= 11 is 4.72. The Bertz CT molecular complexity index is 2840. The van der Waals surface area contributed by atoms with Crippen LogP contribution in [0.2, 0.25) is 0 Å². The number of hydrogen-bond acceptors (Lipinski definition) is 7. The third-order valence-electron chi connectivity index (χ3n) is 11.8. The van der Waals surface area contributed by atoms with E-state index in [1.54, 1.807) is 30.5 Å². The van der Waals surface area contributed by atoms with Crippen molar-refractivity contribution in [3.8, 4) is 0 Å². The summed E-state index contributed by atoms with van der Waals surface area (Å²) in [6.45, 7) is 3.69. The number of fused-ring (bicyclic) bond motifs is 2. The van der Waals surface area contributed by atoms with Gasteiger partial charge in [-0.25, -0.2) is 14.7 Å². The first-order valence-electron chi connectivity index (χ1n) is 18.2. The maximum atomic E-state index is 15.2. The smallest absolute Gasteiger partial charge is 0.338 e. The van der Waals surface area contributed by atoms with Gasteiger partial charge in [-0.2, -0.15) is 0 Å². The van der Waals surface area contributed by atoms with Crippen LogP contribution >= 0.6 is 27.3 Å². The molecule has 1 saturated heterocycles. The molecule has 2 aliphatic heterocycles. The molecule has 55 heavy (non-hydrogen) atoms. The molecule has 3 aliphatic carbocycles. The second kappa shape index (κ2) is 12.4. The number of allylic oxidation sites excluding steroid dienone is 1. The van der Waals surface area contributed by atoms with Gasteiger partial charge in [0.25, 0.3) is 5.56 Å². The lowest BCUT2D eigenvalue weighted by Gasteiger charge is -2.53. The molecule has 270 valence electrons. The number of hydrogen-bond donors (Lipinski definition) is 0. The Morgan fingerprint density at radius 3 is 2.18 bits per heavy atom. The van der Waals surface area contributed by atoms with Gasteiger partial charge in [0.05, 0.1) is 51.4 Å². The third kappa shape index (κ3) is 4.64. The molecule has 0 radical (unpaired) electrons. The van der Waals surface area contributed by atoms with E-state index in [2.05, 4.69) is 15.9 Å². The standard InChI is InChI=1S/C45H32BrN3O5S/c1-3-54-43(53)35-24(2)47-44-49(39(35)29-16-10-12-25-11-4-5-13-28(25)29)40(50)34(55-44)23-45-32-17-8-6-14-30(32)36(31-15-7-9-18-33(31)45)37-38(45)42(52)48(41(37)51)27-21-19-26(46)20-22-27/h4-23,36-39H,3H2,1-2H3/b34-23+/t36?,37-,38-,39+,45?/m0/s1. The normalized spacial score (nSPS) is 23.7. The van der Waals surface area contributed by atoms with Crippen LogP contribution in [0.3, 0.4) is 0 Å². The maximum Gasteiger partial charge on any atom is 0.338 e. The molecule has 2 amide bonds. The second-order valence-electron chi connectivity index (χ2n) is 14.4. The summed E-state index contributed by atoms with van der Waals surface area (Å²) in [6.07, 6.45) is 1.93. The molecule has 0 unspecified atom stereocenters. The highest BCUT2D eigenvalue weighted by atomic mass is 79.9. The molecule has 0 N–H and O–H groups in total. The number of benzene rings is 5.